The molecule has 3 heteroatoms. The molecule has 0 heterocycles. The molecule has 0 aliphatic heterocycles. The molecule has 0 radical (unpaired) electrons. The summed E-state index contributed by atoms with van der Waals surface area (Å²) in [6.07, 6.45) is 0. The number of anilines is 1. The van der Waals surface area contributed by atoms with Crippen LogP contribution >= 0.6 is 11.6 Å². The summed E-state index contributed by atoms with van der Waals surface area (Å²) in [7, 11) is 0. The summed E-state index contributed by atoms with van der Waals surface area (Å²) in [5.74, 6) is -0.281. The largest absolute Gasteiger partial charge is 0.379 e. The second-order valence-electron chi connectivity index (χ2n) is 4.00. The molecule has 1 aromatic carbocycles. The molecule has 0 fully saturated rings. The Bertz CT molecular complexity index is 304. The molecule has 0 saturated carbocycles. The summed E-state index contributed by atoms with van der Waals surface area (Å²) in [6.45, 7) is 5.98. The third-order valence-electron chi connectivity index (χ3n) is 1.44. The molecule has 13 heavy (non-hydrogen) atoms. The van der Waals surface area contributed by atoms with Gasteiger partial charge in [-0.15, -0.1) is 0 Å². The Morgan fingerprint density at radius 3 is 2.46 bits per heavy atom. The van der Waals surface area contributed by atoms with Crippen molar-refractivity contribution in [2.75, 3.05) is 5.32 Å². The van der Waals surface area contributed by atoms with Crippen LogP contribution in [0.3, 0.4) is 0 Å². The first-order chi connectivity index (χ1) is 5.88. The fourth-order valence-electron chi connectivity index (χ4n) is 0.997. The summed E-state index contributed by atoms with van der Waals surface area (Å²) in [6, 6.07) is 4.29. The number of benzene rings is 1. The van der Waals surface area contributed by atoms with Gasteiger partial charge in [0, 0.05) is 5.54 Å². The van der Waals surface area contributed by atoms with E-state index < -0.39 is 0 Å². The molecule has 1 aromatic rings. The highest BCUT2D eigenvalue weighted by Gasteiger charge is 2.11. The fraction of sp³-hybridized carbons (Fsp3) is 0.400. The SMILES string of the molecule is CC(C)(C)Nc1cc(F)ccc1Cl. The molecule has 0 atom stereocenters. The molecule has 1 rings (SSSR count). The van der Waals surface area contributed by atoms with Gasteiger partial charge in [-0.25, -0.2) is 4.39 Å². The van der Waals surface area contributed by atoms with Gasteiger partial charge in [0.1, 0.15) is 5.82 Å². The summed E-state index contributed by atoms with van der Waals surface area (Å²) in [4.78, 5) is 0. The van der Waals surface area contributed by atoms with Crippen LogP contribution in [-0.2, 0) is 0 Å². The van der Waals surface area contributed by atoms with Crippen LogP contribution in [0.15, 0.2) is 18.2 Å². The topological polar surface area (TPSA) is 12.0 Å². The Morgan fingerprint density at radius 1 is 1.31 bits per heavy atom. The van der Waals surface area contributed by atoms with Crippen molar-refractivity contribution >= 4 is 17.3 Å². The monoisotopic (exact) mass is 201 g/mol. The smallest absolute Gasteiger partial charge is 0.125 e. The van der Waals surface area contributed by atoms with Gasteiger partial charge < -0.3 is 5.32 Å². The summed E-state index contributed by atoms with van der Waals surface area (Å²) >= 11 is 5.87. The maximum Gasteiger partial charge on any atom is 0.125 e. The van der Waals surface area contributed by atoms with Crippen molar-refractivity contribution in [1.82, 2.24) is 0 Å². The molecule has 0 amide bonds. The quantitative estimate of drug-likeness (QED) is 0.731. The van der Waals surface area contributed by atoms with E-state index in [-0.39, 0.29) is 11.4 Å². The van der Waals surface area contributed by atoms with Gasteiger partial charge in [0.25, 0.3) is 0 Å². The van der Waals surface area contributed by atoms with E-state index in [1.165, 1.54) is 12.1 Å². The maximum absolute atomic E-state index is 12.8. The van der Waals surface area contributed by atoms with Gasteiger partial charge in [-0.1, -0.05) is 11.6 Å². The minimum atomic E-state index is -0.281. The molecule has 1 N–H and O–H groups in total. The zero-order valence-electron chi connectivity index (χ0n) is 7.99. The summed E-state index contributed by atoms with van der Waals surface area (Å²) in [5.41, 5.74) is 0.520. The van der Waals surface area contributed by atoms with Crippen molar-refractivity contribution in [3.05, 3.63) is 29.0 Å². The maximum atomic E-state index is 12.8. The Morgan fingerprint density at radius 2 is 1.92 bits per heavy atom. The first-order valence-corrected chi connectivity index (χ1v) is 4.49. The van der Waals surface area contributed by atoms with E-state index in [4.69, 9.17) is 11.6 Å². The molecule has 0 aliphatic rings. The predicted octanol–water partition coefficient (Wildman–Crippen LogP) is 3.69. The molecule has 0 spiro atoms. The number of hydrogen-bond donors (Lipinski definition) is 1. The highest BCUT2D eigenvalue weighted by atomic mass is 35.5. The summed E-state index contributed by atoms with van der Waals surface area (Å²) < 4.78 is 12.8. The minimum Gasteiger partial charge on any atom is -0.379 e. The Balaban J connectivity index is 2.94. The summed E-state index contributed by atoms with van der Waals surface area (Å²) in [5, 5.41) is 3.66. The van der Waals surface area contributed by atoms with E-state index in [9.17, 15) is 4.39 Å². The van der Waals surface area contributed by atoms with Gasteiger partial charge in [-0.2, -0.15) is 0 Å². The number of rotatable bonds is 1. The molecule has 0 unspecified atom stereocenters. The van der Waals surface area contributed by atoms with Gasteiger partial charge in [0.15, 0.2) is 0 Å². The van der Waals surface area contributed by atoms with Crippen LogP contribution in [0, 0.1) is 5.82 Å². The Labute approximate surface area is 82.9 Å². The van der Waals surface area contributed by atoms with Crippen LogP contribution in [-0.4, -0.2) is 5.54 Å². The third kappa shape index (κ3) is 3.23. The van der Waals surface area contributed by atoms with E-state index in [0.717, 1.165) is 0 Å². The number of hydrogen-bond acceptors (Lipinski definition) is 1. The van der Waals surface area contributed by atoms with Gasteiger partial charge in [-0.05, 0) is 39.0 Å². The Kier molecular flexibility index (Phi) is 2.81. The van der Waals surface area contributed by atoms with Gasteiger partial charge in [0.05, 0.1) is 10.7 Å². The molecule has 0 bridgehead atoms. The second-order valence-corrected chi connectivity index (χ2v) is 4.41. The first-order valence-electron chi connectivity index (χ1n) is 4.12. The van der Waals surface area contributed by atoms with Gasteiger partial charge in [-0.3, -0.25) is 0 Å². The number of nitrogens with one attached hydrogen (secondary N) is 1. The lowest BCUT2D eigenvalue weighted by Crippen LogP contribution is -2.26. The zero-order chi connectivity index (χ0) is 10.1. The molecule has 0 aromatic heterocycles. The van der Waals surface area contributed by atoms with Crippen LogP contribution < -0.4 is 5.32 Å². The average Bonchev–Trinajstić information content (AvgIpc) is 1.94. The van der Waals surface area contributed by atoms with Crippen molar-refractivity contribution in [3.8, 4) is 0 Å². The third-order valence-corrected chi connectivity index (χ3v) is 1.77. The predicted molar refractivity (Wildman–Crippen MR) is 54.8 cm³/mol. The zero-order valence-corrected chi connectivity index (χ0v) is 8.74. The van der Waals surface area contributed by atoms with E-state index in [1.807, 2.05) is 20.8 Å². The second kappa shape index (κ2) is 3.54. The van der Waals surface area contributed by atoms with E-state index in [1.54, 1.807) is 6.07 Å². The fourth-order valence-corrected chi connectivity index (χ4v) is 1.16. The van der Waals surface area contributed by atoms with E-state index in [0.29, 0.717) is 10.7 Å². The lowest BCUT2D eigenvalue weighted by atomic mass is 10.1. The minimum absolute atomic E-state index is 0.114. The molecule has 72 valence electrons. The normalized spacial score (nSPS) is 11.5. The lowest BCUT2D eigenvalue weighted by molar-refractivity contribution is 0.618. The average molecular weight is 202 g/mol. The standard InChI is InChI=1S/C10H13ClFN/c1-10(2,3)13-9-6-7(12)4-5-8(9)11/h4-6,13H,1-3H3. The van der Waals surface area contributed by atoms with E-state index in [2.05, 4.69) is 5.32 Å². The van der Waals surface area contributed by atoms with Crippen LogP contribution in [0.5, 0.6) is 0 Å². The number of halogens is 2. The van der Waals surface area contributed by atoms with Crippen LogP contribution in [0.2, 0.25) is 5.02 Å². The van der Waals surface area contributed by atoms with Crippen molar-refractivity contribution in [2.24, 2.45) is 0 Å². The van der Waals surface area contributed by atoms with Crippen LogP contribution in [0.1, 0.15) is 20.8 Å². The van der Waals surface area contributed by atoms with Crippen LogP contribution in [0.4, 0.5) is 10.1 Å². The molecule has 1 nitrogen and oxygen atoms in total. The van der Waals surface area contributed by atoms with Crippen molar-refractivity contribution in [3.63, 3.8) is 0 Å². The lowest BCUT2D eigenvalue weighted by Gasteiger charge is -2.22. The molecular weight excluding hydrogens is 189 g/mol. The van der Waals surface area contributed by atoms with Crippen molar-refractivity contribution < 1.29 is 4.39 Å². The van der Waals surface area contributed by atoms with Crippen molar-refractivity contribution in [1.29, 1.82) is 0 Å². The molecule has 0 aliphatic carbocycles. The van der Waals surface area contributed by atoms with E-state index >= 15 is 0 Å². The molecule has 0 saturated heterocycles. The highest BCUT2D eigenvalue weighted by Crippen LogP contribution is 2.25. The van der Waals surface area contributed by atoms with Gasteiger partial charge >= 0.3 is 0 Å². The molecular formula is C10H13ClFN. The highest BCUT2D eigenvalue weighted by molar-refractivity contribution is 6.33. The Hall–Kier alpha value is -0.760. The first kappa shape index (κ1) is 10.3. The van der Waals surface area contributed by atoms with Crippen LogP contribution in [0.25, 0.3) is 0 Å². The van der Waals surface area contributed by atoms with Gasteiger partial charge in [0.2, 0.25) is 0 Å². The van der Waals surface area contributed by atoms with Crippen molar-refractivity contribution in [2.45, 2.75) is 26.3 Å².